The average Bonchev–Trinajstić information content (AvgIpc) is 3.14. The minimum atomic E-state index is -0.347. The summed E-state index contributed by atoms with van der Waals surface area (Å²) < 4.78 is 1.72. The SMILES string of the molecule is CC(C)C[C@H]1C(=O)N(CC(=O)NC2CCCC2)Cc2cnnn21. The van der Waals surface area contributed by atoms with Crippen LogP contribution in [-0.4, -0.2) is 44.3 Å². The Balaban J connectivity index is 1.67. The number of carbonyl (C=O) groups excluding carboxylic acids is 2. The van der Waals surface area contributed by atoms with E-state index in [1.807, 2.05) is 0 Å². The summed E-state index contributed by atoms with van der Waals surface area (Å²) in [6, 6.07) is -0.0680. The maximum Gasteiger partial charge on any atom is 0.248 e. The number of rotatable bonds is 5. The number of nitrogens with one attached hydrogen (secondary N) is 1. The zero-order chi connectivity index (χ0) is 16.4. The van der Waals surface area contributed by atoms with Crippen molar-refractivity contribution in [2.24, 2.45) is 5.92 Å². The number of fused-ring (bicyclic) bond motifs is 1. The molecule has 0 bridgehead atoms. The molecule has 1 aromatic rings. The van der Waals surface area contributed by atoms with Crippen LogP contribution in [0.2, 0.25) is 0 Å². The van der Waals surface area contributed by atoms with Gasteiger partial charge < -0.3 is 10.2 Å². The fourth-order valence-electron chi connectivity index (χ4n) is 3.53. The number of hydrogen-bond acceptors (Lipinski definition) is 4. The highest BCUT2D eigenvalue weighted by Gasteiger charge is 2.35. The second kappa shape index (κ2) is 6.68. The van der Waals surface area contributed by atoms with Crippen LogP contribution in [0.25, 0.3) is 0 Å². The predicted molar refractivity (Wildman–Crippen MR) is 84.3 cm³/mol. The van der Waals surface area contributed by atoms with E-state index in [0.717, 1.165) is 18.5 Å². The zero-order valence-electron chi connectivity index (χ0n) is 13.9. The molecule has 0 aromatic carbocycles. The highest BCUT2D eigenvalue weighted by Crippen LogP contribution is 2.26. The summed E-state index contributed by atoms with van der Waals surface area (Å²) in [7, 11) is 0. The quantitative estimate of drug-likeness (QED) is 0.886. The molecule has 23 heavy (non-hydrogen) atoms. The smallest absolute Gasteiger partial charge is 0.248 e. The van der Waals surface area contributed by atoms with Crippen LogP contribution in [0, 0.1) is 5.92 Å². The van der Waals surface area contributed by atoms with Crippen molar-refractivity contribution >= 4 is 11.8 Å². The van der Waals surface area contributed by atoms with Crippen LogP contribution >= 0.6 is 0 Å². The minimum Gasteiger partial charge on any atom is -0.352 e. The van der Waals surface area contributed by atoms with E-state index in [1.165, 1.54) is 12.8 Å². The largest absolute Gasteiger partial charge is 0.352 e. The Morgan fingerprint density at radius 3 is 2.83 bits per heavy atom. The van der Waals surface area contributed by atoms with Crippen molar-refractivity contribution in [1.29, 1.82) is 0 Å². The highest BCUT2D eigenvalue weighted by molar-refractivity contribution is 5.87. The van der Waals surface area contributed by atoms with Gasteiger partial charge in [0.25, 0.3) is 0 Å². The summed E-state index contributed by atoms with van der Waals surface area (Å²) in [4.78, 5) is 26.6. The van der Waals surface area contributed by atoms with E-state index < -0.39 is 0 Å². The molecule has 0 spiro atoms. The van der Waals surface area contributed by atoms with E-state index in [9.17, 15) is 9.59 Å². The number of hydrogen-bond donors (Lipinski definition) is 1. The van der Waals surface area contributed by atoms with E-state index in [1.54, 1.807) is 15.8 Å². The molecule has 7 nitrogen and oxygen atoms in total. The lowest BCUT2D eigenvalue weighted by atomic mass is 10.0. The molecule has 3 rings (SSSR count). The van der Waals surface area contributed by atoms with Crippen molar-refractivity contribution in [2.45, 2.75) is 64.6 Å². The zero-order valence-corrected chi connectivity index (χ0v) is 13.9. The molecule has 1 N–H and O–H groups in total. The Morgan fingerprint density at radius 1 is 1.39 bits per heavy atom. The van der Waals surface area contributed by atoms with E-state index in [2.05, 4.69) is 29.5 Å². The topological polar surface area (TPSA) is 80.1 Å². The van der Waals surface area contributed by atoms with Gasteiger partial charge in [-0.3, -0.25) is 9.59 Å². The van der Waals surface area contributed by atoms with Gasteiger partial charge in [0.15, 0.2) is 0 Å². The van der Waals surface area contributed by atoms with Gasteiger partial charge >= 0.3 is 0 Å². The first kappa shape index (κ1) is 16.0. The predicted octanol–water partition coefficient (Wildman–Crippen LogP) is 1.27. The molecule has 0 unspecified atom stereocenters. The third-order valence-electron chi connectivity index (χ3n) is 4.64. The lowest BCUT2D eigenvalue weighted by Crippen LogP contribution is -2.48. The monoisotopic (exact) mass is 319 g/mol. The Hall–Kier alpha value is -1.92. The van der Waals surface area contributed by atoms with E-state index in [-0.39, 0.29) is 30.4 Å². The van der Waals surface area contributed by atoms with Crippen LogP contribution in [0.1, 0.15) is 57.7 Å². The van der Waals surface area contributed by atoms with Gasteiger partial charge in [0.2, 0.25) is 11.8 Å². The van der Waals surface area contributed by atoms with E-state index in [0.29, 0.717) is 18.9 Å². The number of nitrogens with zero attached hydrogens (tertiary/aromatic N) is 4. The third kappa shape index (κ3) is 3.54. The molecular formula is C16H25N5O2. The fraction of sp³-hybridized carbons (Fsp3) is 0.750. The lowest BCUT2D eigenvalue weighted by Gasteiger charge is -2.33. The highest BCUT2D eigenvalue weighted by atomic mass is 16.2. The summed E-state index contributed by atoms with van der Waals surface area (Å²) >= 11 is 0. The molecule has 126 valence electrons. The van der Waals surface area contributed by atoms with Gasteiger partial charge in [-0.2, -0.15) is 0 Å². The Bertz CT molecular complexity index is 577. The lowest BCUT2D eigenvalue weighted by molar-refractivity contribution is -0.142. The van der Waals surface area contributed by atoms with Gasteiger partial charge in [-0.05, 0) is 25.2 Å². The Labute approximate surface area is 136 Å². The van der Waals surface area contributed by atoms with E-state index >= 15 is 0 Å². The average molecular weight is 319 g/mol. The van der Waals surface area contributed by atoms with Crippen LogP contribution in [-0.2, 0) is 16.1 Å². The molecule has 0 radical (unpaired) electrons. The standard InChI is InChI=1S/C16H25N5O2/c1-11(2)7-14-16(23)20(9-13-8-17-19-21(13)14)10-15(22)18-12-5-3-4-6-12/h8,11-12,14H,3-7,9-10H2,1-2H3,(H,18,22)/t14-/m0/s1. The molecule has 1 saturated carbocycles. The molecule has 1 aliphatic carbocycles. The van der Waals surface area contributed by atoms with Gasteiger partial charge in [-0.1, -0.05) is 31.9 Å². The van der Waals surface area contributed by atoms with Gasteiger partial charge in [0.05, 0.1) is 18.4 Å². The van der Waals surface area contributed by atoms with E-state index in [4.69, 9.17) is 0 Å². The number of carbonyl (C=O) groups is 2. The first-order chi connectivity index (χ1) is 11.0. The van der Waals surface area contributed by atoms with Crippen LogP contribution < -0.4 is 5.32 Å². The minimum absolute atomic E-state index is 0.0294. The Kier molecular flexibility index (Phi) is 4.63. The fourth-order valence-corrected chi connectivity index (χ4v) is 3.53. The van der Waals surface area contributed by atoms with Gasteiger partial charge in [0, 0.05) is 6.04 Å². The van der Waals surface area contributed by atoms with Gasteiger partial charge in [-0.15, -0.1) is 5.10 Å². The van der Waals surface area contributed by atoms with Crippen molar-refractivity contribution in [3.63, 3.8) is 0 Å². The molecule has 1 aromatic heterocycles. The van der Waals surface area contributed by atoms with Crippen molar-refractivity contribution in [3.05, 3.63) is 11.9 Å². The first-order valence-corrected chi connectivity index (χ1v) is 8.52. The van der Waals surface area contributed by atoms with Crippen LogP contribution in [0.3, 0.4) is 0 Å². The molecule has 2 aliphatic rings. The maximum atomic E-state index is 12.8. The second-order valence-electron chi connectivity index (χ2n) is 7.06. The summed E-state index contributed by atoms with van der Waals surface area (Å²) in [5.41, 5.74) is 0.893. The maximum absolute atomic E-state index is 12.8. The molecule has 1 atom stereocenters. The second-order valence-corrected chi connectivity index (χ2v) is 7.06. The molecule has 1 aliphatic heterocycles. The first-order valence-electron chi connectivity index (χ1n) is 8.52. The summed E-state index contributed by atoms with van der Waals surface area (Å²) in [5.74, 6) is 0.279. The molecule has 2 heterocycles. The molecule has 0 saturated heterocycles. The van der Waals surface area contributed by atoms with Crippen molar-refractivity contribution in [3.8, 4) is 0 Å². The van der Waals surface area contributed by atoms with Crippen LogP contribution in [0.4, 0.5) is 0 Å². The Morgan fingerprint density at radius 2 is 2.13 bits per heavy atom. The van der Waals surface area contributed by atoms with Crippen LogP contribution in [0.15, 0.2) is 6.20 Å². The molecular weight excluding hydrogens is 294 g/mol. The van der Waals surface area contributed by atoms with Crippen molar-refractivity contribution < 1.29 is 9.59 Å². The summed E-state index contributed by atoms with van der Waals surface area (Å²) in [6.07, 6.45) is 6.83. The summed E-state index contributed by atoms with van der Waals surface area (Å²) in [6.45, 7) is 4.68. The summed E-state index contributed by atoms with van der Waals surface area (Å²) in [5, 5.41) is 11.0. The molecule has 7 heteroatoms. The van der Waals surface area contributed by atoms with Gasteiger partial charge in [-0.25, -0.2) is 4.68 Å². The normalized spacial score (nSPS) is 21.8. The van der Waals surface area contributed by atoms with Crippen molar-refractivity contribution in [1.82, 2.24) is 25.2 Å². The van der Waals surface area contributed by atoms with Crippen molar-refractivity contribution in [2.75, 3.05) is 6.54 Å². The number of aromatic nitrogens is 3. The van der Waals surface area contributed by atoms with Gasteiger partial charge in [0.1, 0.15) is 12.6 Å². The number of amides is 2. The molecule has 1 fully saturated rings. The molecule has 2 amide bonds. The van der Waals surface area contributed by atoms with Crippen LogP contribution in [0.5, 0.6) is 0 Å². The third-order valence-corrected chi connectivity index (χ3v) is 4.64.